The van der Waals surface area contributed by atoms with Gasteiger partial charge in [0.2, 0.25) is 0 Å². The average molecular weight is 183 g/mol. The first-order valence-corrected chi connectivity index (χ1v) is 3.97. The maximum atomic E-state index is 5.42. The van der Waals surface area contributed by atoms with Crippen molar-refractivity contribution in [3.8, 4) is 0 Å². The van der Waals surface area contributed by atoms with Gasteiger partial charge in [-0.3, -0.25) is 0 Å². The Morgan fingerprint density at radius 1 is 1.60 bits per heavy atom. The van der Waals surface area contributed by atoms with Crippen LogP contribution in [-0.2, 0) is 20.3 Å². The Hall–Kier alpha value is 0.309. The van der Waals surface area contributed by atoms with Crippen LogP contribution in [0, 0.1) is 5.41 Å². The molecule has 0 spiro atoms. The van der Waals surface area contributed by atoms with Gasteiger partial charge in [-0.15, -0.1) is 0 Å². The third-order valence-electron chi connectivity index (χ3n) is 1.63. The number of rotatable bonds is 0. The van der Waals surface area contributed by atoms with Gasteiger partial charge >= 0.3 is 69.2 Å². The molecule has 1 fully saturated rings. The molecule has 1 rings (SSSR count). The molecule has 1 aliphatic heterocycles. The molecule has 1 aliphatic rings. The molecule has 1 atom stereocenters. The fraction of sp³-hybridized carbons (Fsp3) is 0.857. The van der Waals surface area contributed by atoms with E-state index in [1.165, 1.54) is 0 Å². The second-order valence-corrected chi connectivity index (χ2v) is 4.12. The van der Waals surface area contributed by atoms with Crippen molar-refractivity contribution in [3.05, 3.63) is 0 Å². The third-order valence-corrected chi connectivity index (χ3v) is 1.96. The van der Waals surface area contributed by atoms with E-state index in [-0.39, 0.29) is 11.5 Å². The number of ether oxygens (including phenoxy) is 1. The van der Waals surface area contributed by atoms with Gasteiger partial charge in [-0.05, 0) is 0 Å². The molecule has 0 aliphatic carbocycles. The summed E-state index contributed by atoms with van der Waals surface area (Å²) in [4.78, 5) is 0. The Morgan fingerprint density at radius 2 is 2.20 bits per heavy atom. The van der Waals surface area contributed by atoms with Crippen LogP contribution in [0.2, 0.25) is 0 Å². The minimum atomic E-state index is 0.215. The van der Waals surface area contributed by atoms with Crippen molar-refractivity contribution in [2.24, 2.45) is 5.41 Å². The molecule has 2 nitrogen and oxygen atoms in total. The zero-order valence-electron chi connectivity index (χ0n) is 6.55. The quantitative estimate of drug-likeness (QED) is 0.557. The second kappa shape index (κ2) is 2.74. The van der Waals surface area contributed by atoms with Crippen LogP contribution >= 0.6 is 0 Å². The summed E-state index contributed by atoms with van der Waals surface area (Å²) in [5, 5.41) is 3.06. The zero-order valence-corrected chi connectivity index (χ0v) is 7.65. The first-order valence-electron chi connectivity index (χ1n) is 3.42. The zero-order chi connectivity index (χ0) is 7.78. The van der Waals surface area contributed by atoms with Crippen molar-refractivity contribution < 1.29 is 20.3 Å². The Labute approximate surface area is 69.7 Å². The van der Waals surface area contributed by atoms with E-state index in [0.717, 1.165) is 6.54 Å². The van der Waals surface area contributed by atoms with Crippen LogP contribution in [0.25, 0.3) is 0 Å². The first kappa shape index (κ1) is 8.41. The molecule has 0 radical (unpaired) electrons. The van der Waals surface area contributed by atoms with Crippen LogP contribution < -0.4 is 5.32 Å². The third kappa shape index (κ3) is 1.89. The van der Waals surface area contributed by atoms with Gasteiger partial charge < -0.3 is 0 Å². The van der Waals surface area contributed by atoms with Crippen LogP contribution in [0.15, 0.2) is 0 Å². The Kier molecular flexibility index (Phi) is 2.31. The van der Waals surface area contributed by atoms with E-state index in [1.807, 2.05) is 0 Å². The first-order chi connectivity index (χ1) is 4.50. The summed E-state index contributed by atoms with van der Waals surface area (Å²) < 4.78 is 6.13. The molecule has 60 valence electrons. The molecule has 3 heteroatoms. The molecule has 1 N–H and O–H groups in total. The minimum absolute atomic E-state index is 0.215. The Bertz CT molecular complexity index is 150. The average Bonchev–Trinajstić information content (AvgIpc) is 2.11. The molecule has 1 heterocycles. The van der Waals surface area contributed by atoms with Crippen molar-refractivity contribution >= 4 is 4.73 Å². The standard InChI is InChI=1S/C7H13NO.Fe/c1-7(2,3)6-4-8-5-9-6;/h6,8H,4H2,1-3H3;/t6-;/m0./s1. The topological polar surface area (TPSA) is 21.3 Å². The fourth-order valence-electron chi connectivity index (χ4n) is 0.858. The van der Waals surface area contributed by atoms with Gasteiger partial charge in [-0.25, -0.2) is 0 Å². The number of hydrogen-bond acceptors (Lipinski definition) is 2. The van der Waals surface area contributed by atoms with E-state index in [2.05, 4.69) is 41.7 Å². The van der Waals surface area contributed by atoms with E-state index in [4.69, 9.17) is 4.74 Å². The van der Waals surface area contributed by atoms with Crippen molar-refractivity contribution in [1.82, 2.24) is 5.32 Å². The second-order valence-electron chi connectivity index (χ2n) is 3.62. The van der Waals surface area contributed by atoms with Crippen molar-refractivity contribution in [2.75, 3.05) is 6.54 Å². The van der Waals surface area contributed by atoms with Gasteiger partial charge in [0, 0.05) is 0 Å². The monoisotopic (exact) mass is 183 g/mol. The Balaban J connectivity index is 2.53. The molecule has 0 aromatic rings. The fourth-order valence-corrected chi connectivity index (χ4v) is 1.13. The van der Waals surface area contributed by atoms with E-state index in [0.29, 0.717) is 4.73 Å². The predicted octanol–water partition coefficient (Wildman–Crippen LogP) is 0.655. The van der Waals surface area contributed by atoms with Gasteiger partial charge in [-0.1, -0.05) is 0 Å². The van der Waals surface area contributed by atoms with Gasteiger partial charge in [0.05, 0.1) is 0 Å². The molecule has 0 bridgehead atoms. The van der Waals surface area contributed by atoms with Gasteiger partial charge in [0.25, 0.3) is 0 Å². The van der Waals surface area contributed by atoms with Crippen molar-refractivity contribution in [1.29, 1.82) is 0 Å². The SMILES string of the molecule is CC(C)(C)[C@@H]1CN[C](=[Fe])O1. The summed E-state index contributed by atoms with van der Waals surface area (Å²) in [6, 6.07) is 0. The summed E-state index contributed by atoms with van der Waals surface area (Å²) in [5.74, 6) is 0. The summed E-state index contributed by atoms with van der Waals surface area (Å²) in [6.07, 6.45) is 0.278. The molecular weight excluding hydrogens is 170 g/mol. The molecule has 0 aromatic carbocycles. The molecular formula is C7H13FeNO. The molecule has 0 amide bonds. The predicted molar refractivity (Wildman–Crippen MR) is 37.3 cm³/mol. The molecule has 0 saturated carbocycles. The van der Waals surface area contributed by atoms with Crippen LogP contribution in [0.5, 0.6) is 0 Å². The van der Waals surface area contributed by atoms with Crippen molar-refractivity contribution in [2.45, 2.75) is 26.9 Å². The van der Waals surface area contributed by atoms with E-state index in [1.54, 1.807) is 0 Å². The molecule has 0 unspecified atom stereocenters. The van der Waals surface area contributed by atoms with Crippen LogP contribution in [-0.4, -0.2) is 17.4 Å². The maximum absolute atomic E-state index is 5.42. The summed E-state index contributed by atoms with van der Waals surface area (Å²) in [5.41, 5.74) is 0.215. The van der Waals surface area contributed by atoms with E-state index < -0.39 is 0 Å². The van der Waals surface area contributed by atoms with Crippen LogP contribution in [0.3, 0.4) is 0 Å². The van der Waals surface area contributed by atoms with Crippen molar-refractivity contribution in [3.63, 3.8) is 0 Å². The van der Waals surface area contributed by atoms with E-state index >= 15 is 0 Å². The Morgan fingerprint density at radius 3 is 2.40 bits per heavy atom. The van der Waals surface area contributed by atoms with Gasteiger partial charge in [0.15, 0.2) is 0 Å². The molecule has 10 heavy (non-hydrogen) atoms. The van der Waals surface area contributed by atoms with Gasteiger partial charge in [-0.2, -0.15) is 0 Å². The van der Waals surface area contributed by atoms with Gasteiger partial charge in [0.1, 0.15) is 0 Å². The normalized spacial score (nSPS) is 27.6. The molecule has 0 aromatic heterocycles. The van der Waals surface area contributed by atoms with Crippen LogP contribution in [0.4, 0.5) is 0 Å². The molecule has 1 saturated heterocycles. The number of hydrogen-bond donors (Lipinski definition) is 1. The van der Waals surface area contributed by atoms with Crippen LogP contribution in [0.1, 0.15) is 20.8 Å². The summed E-state index contributed by atoms with van der Waals surface area (Å²) in [6.45, 7) is 7.39. The summed E-state index contributed by atoms with van der Waals surface area (Å²) >= 11 is 3.68. The van der Waals surface area contributed by atoms with E-state index in [9.17, 15) is 0 Å². The summed E-state index contributed by atoms with van der Waals surface area (Å²) in [7, 11) is 0. The number of nitrogens with one attached hydrogen (secondary N) is 1.